The molecule has 1 saturated heterocycles. The molecule has 200 valence electrons. The topological polar surface area (TPSA) is 73.2 Å². The molecule has 3 aliphatic carbocycles. The van der Waals surface area contributed by atoms with Crippen LogP contribution in [0, 0.1) is 5.92 Å². The molecule has 2 heterocycles. The van der Waals surface area contributed by atoms with Crippen molar-refractivity contribution in [1.82, 2.24) is 9.80 Å². The number of piperidine rings is 1. The average molecular weight is 556 g/mol. The number of nitrogens with zero attached hydrogens (tertiary/aromatic N) is 2. The van der Waals surface area contributed by atoms with Gasteiger partial charge in [0.25, 0.3) is 0 Å². The summed E-state index contributed by atoms with van der Waals surface area (Å²) in [6.07, 6.45) is 8.13. The zero-order valence-corrected chi connectivity index (χ0v) is 22.9. The van der Waals surface area contributed by atoms with Crippen molar-refractivity contribution >= 4 is 35.2 Å². The molecule has 38 heavy (non-hydrogen) atoms. The molecule has 1 spiro atoms. The van der Waals surface area contributed by atoms with Crippen molar-refractivity contribution < 1.29 is 19.7 Å². The van der Waals surface area contributed by atoms with Gasteiger partial charge >= 0.3 is 0 Å². The molecule has 2 aliphatic heterocycles. The number of aliphatic hydroxyl groups is 1. The number of benzene rings is 2. The standard InChI is InChI=1S/C30H32Cl2N2O4/c1-33(25(36)9-5-17-4-7-20(31)21(32)14-17)22-10-11-30(37)24-15-19-6-8-23(35)27-26(19)29(30,28(22)38-27)12-13-34(24)16-18-2-3-18/h4-9,14,18,22,24,28,35,37H,2-3,10-13,15-16H2,1H3/t22-,24-,28+,29+,30-/m1/s1. The number of hydrogen-bond acceptors (Lipinski definition) is 5. The van der Waals surface area contributed by atoms with E-state index in [9.17, 15) is 15.0 Å². The monoisotopic (exact) mass is 554 g/mol. The van der Waals surface area contributed by atoms with E-state index in [0.29, 0.717) is 28.6 Å². The molecule has 7 rings (SSSR count). The summed E-state index contributed by atoms with van der Waals surface area (Å²) in [5.74, 6) is 1.20. The van der Waals surface area contributed by atoms with Gasteiger partial charge in [-0.1, -0.05) is 35.3 Å². The molecule has 1 amide bonds. The fraction of sp³-hybridized carbons (Fsp3) is 0.500. The lowest BCUT2D eigenvalue weighted by Gasteiger charge is -2.64. The van der Waals surface area contributed by atoms with Gasteiger partial charge in [-0.15, -0.1) is 0 Å². The Bertz CT molecular complexity index is 1360. The maximum Gasteiger partial charge on any atom is 0.246 e. The lowest BCUT2D eigenvalue weighted by molar-refractivity contribution is -0.200. The van der Waals surface area contributed by atoms with Crippen LogP contribution >= 0.6 is 23.2 Å². The summed E-state index contributed by atoms with van der Waals surface area (Å²) < 4.78 is 6.60. The largest absolute Gasteiger partial charge is 0.504 e. The number of carbonyl (C=O) groups is 1. The SMILES string of the molecule is CN(C(=O)C=Cc1ccc(Cl)c(Cl)c1)[C@@H]1CC[C@@]2(O)[C@H]3Cc4ccc(O)c5c4[C@@]2(CCN3CC2CC2)[C@H]1O5. The number of aromatic hydroxyl groups is 1. The van der Waals surface area contributed by atoms with Gasteiger partial charge in [-0.2, -0.15) is 0 Å². The molecule has 0 aromatic heterocycles. The fourth-order valence-electron chi connectivity index (χ4n) is 7.92. The van der Waals surface area contributed by atoms with E-state index >= 15 is 0 Å². The molecule has 3 fully saturated rings. The Balaban J connectivity index is 1.23. The quantitative estimate of drug-likeness (QED) is 0.519. The van der Waals surface area contributed by atoms with Crippen molar-refractivity contribution in [3.63, 3.8) is 0 Å². The Hall–Kier alpha value is -2.25. The van der Waals surface area contributed by atoms with Crippen molar-refractivity contribution in [2.45, 2.75) is 67.7 Å². The molecular formula is C30H32Cl2N2O4. The molecule has 6 nitrogen and oxygen atoms in total. The van der Waals surface area contributed by atoms with E-state index in [1.54, 1.807) is 35.3 Å². The van der Waals surface area contributed by atoms with Gasteiger partial charge in [-0.3, -0.25) is 9.69 Å². The van der Waals surface area contributed by atoms with E-state index in [1.165, 1.54) is 12.8 Å². The smallest absolute Gasteiger partial charge is 0.246 e. The summed E-state index contributed by atoms with van der Waals surface area (Å²) in [4.78, 5) is 17.7. The van der Waals surface area contributed by atoms with Gasteiger partial charge in [-0.25, -0.2) is 0 Å². The lowest BCUT2D eigenvalue weighted by Crippen LogP contribution is -2.78. The van der Waals surface area contributed by atoms with E-state index in [-0.39, 0.29) is 23.7 Å². The molecule has 2 bridgehead atoms. The van der Waals surface area contributed by atoms with Crippen LogP contribution in [0.3, 0.4) is 0 Å². The maximum absolute atomic E-state index is 13.4. The van der Waals surface area contributed by atoms with Crippen LogP contribution in [0.25, 0.3) is 6.08 Å². The zero-order valence-electron chi connectivity index (χ0n) is 21.4. The van der Waals surface area contributed by atoms with Crippen molar-refractivity contribution in [1.29, 1.82) is 0 Å². The first kappa shape index (κ1) is 24.8. The van der Waals surface area contributed by atoms with Gasteiger partial charge < -0.3 is 19.8 Å². The van der Waals surface area contributed by atoms with Crippen molar-refractivity contribution in [2.75, 3.05) is 20.1 Å². The highest BCUT2D eigenvalue weighted by molar-refractivity contribution is 6.42. The minimum absolute atomic E-state index is 0.0162. The first-order valence-corrected chi connectivity index (χ1v) is 14.4. The summed E-state index contributed by atoms with van der Waals surface area (Å²) in [5.41, 5.74) is 1.31. The number of likely N-dealkylation sites (tertiary alicyclic amines) is 1. The lowest BCUT2D eigenvalue weighted by atomic mass is 9.48. The minimum Gasteiger partial charge on any atom is -0.504 e. The number of phenolic OH excluding ortho intramolecular Hbond substituents is 1. The third-order valence-electron chi connectivity index (χ3n) is 9.94. The highest BCUT2D eigenvalue weighted by Crippen LogP contribution is 2.66. The number of carbonyl (C=O) groups excluding carboxylic acids is 1. The molecular weight excluding hydrogens is 523 g/mol. The van der Waals surface area contributed by atoms with Crippen LogP contribution in [0.2, 0.25) is 10.0 Å². The second-order valence-corrected chi connectivity index (χ2v) is 12.7. The van der Waals surface area contributed by atoms with Gasteiger partial charge in [0.1, 0.15) is 6.10 Å². The Morgan fingerprint density at radius 2 is 2.00 bits per heavy atom. The maximum atomic E-state index is 13.4. The number of halogens is 2. The van der Waals surface area contributed by atoms with Gasteiger partial charge in [0.2, 0.25) is 5.91 Å². The van der Waals surface area contributed by atoms with Crippen LogP contribution in [0.1, 0.15) is 48.8 Å². The van der Waals surface area contributed by atoms with E-state index in [1.807, 2.05) is 19.2 Å². The number of ether oxygens (including phenoxy) is 1. The summed E-state index contributed by atoms with van der Waals surface area (Å²) in [7, 11) is 1.81. The van der Waals surface area contributed by atoms with Gasteiger partial charge in [0.05, 0.1) is 27.1 Å². The third-order valence-corrected chi connectivity index (χ3v) is 10.7. The molecule has 2 N–H and O–H groups in total. The Labute approximate surface area is 232 Å². The number of phenols is 1. The predicted octanol–water partition coefficient (Wildman–Crippen LogP) is 4.80. The van der Waals surface area contributed by atoms with E-state index in [4.69, 9.17) is 27.9 Å². The number of likely N-dealkylation sites (N-methyl/N-ethyl adjacent to an activating group) is 1. The van der Waals surface area contributed by atoms with E-state index < -0.39 is 17.1 Å². The molecule has 0 unspecified atom stereocenters. The first-order chi connectivity index (χ1) is 18.2. The fourth-order valence-corrected chi connectivity index (χ4v) is 8.22. The summed E-state index contributed by atoms with van der Waals surface area (Å²) in [5, 5.41) is 24.3. The Morgan fingerprint density at radius 3 is 2.76 bits per heavy atom. The van der Waals surface area contributed by atoms with Gasteiger partial charge in [0, 0.05) is 31.3 Å². The summed E-state index contributed by atoms with van der Waals surface area (Å²) in [6, 6.07) is 8.76. The van der Waals surface area contributed by atoms with Crippen LogP contribution < -0.4 is 4.74 Å². The van der Waals surface area contributed by atoms with E-state index in [2.05, 4.69) is 4.90 Å². The van der Waals surface area contributed by atoms with Crippen LogP contribution in [0.5, 0.6) is 11.5 Å². The average Bonchev–Trinajstić information content (AvgIpc) is 3.64. The highest BCUT2D eigenvalue weighted by atomic mass is 35.5. The normalized spacial score (nSPS) is 33.2. The minimum atomic E-state index is -0.965. The second-order valence-electron chi connectivity index (χ2n) is 11.9. The first-order valence-electron chi connectivity index (χ1n) is 13.6. The van der Waals surface area contributed by atoms with Crippen molar-refractivity contribution in [3.05, 3.63) is 63.1 Å². The van der Waals surface area contributed by atoms with Crippen molar-refractivity contribution in [3.8, 4) is 11.5 Å². The molecule has 0 radical (unpaired) electrons. The zero-order chi connectivity index (χ0) is 26.4. The summed E-state index contributed by atoms with van der Waals surface area (Å²) in [6.45, 7) is 1.93. The molecule has 5 atom stereocenters. The molecule has 2 aromatic carbocycles. The number of amides is 1. The van der Waals surface area contributed by atoms with Gasteiger partial charge in [0.15, 0.2) is 11.5 Å². The molecule has 5 aliphatic rings. The van der Waals surface area contributed by atoms with Gasteiger partial charge in [-0.05, 0) is 86.4 Å². The highest BCUT2D eigenvalue weighted by Gasteiger charge is 2.73. The number of hydrogen-bond donors (Lipinski definition) is 2. The molecule has 8 heteroatoms. The predicted molar refractivity (Wildman–Crippen MR) is 147 cm³/mol. The Kier molecular flexibility index (Phi) is 5.62. The van der Waals surface area contributed by atoms with Crippen LogP contribution in [0.4, 0.5) is 0 Å². The second kappa shape index (κ2) is 8.62. The molecule has 2 aromatic rings. The molecule has 2 saturated carbocycles. The van der Waals surface area contributed by atoms with Crippen LogP contribution in [0.15, 0.2) is 36.4 Å². The number of rotatable bonds is 5. The Morgan fingerprint density at radius 1 is 1.18 bits per heavy atom. The van der Waals surface area contributed by atoms with Crippen LogP contribution in [-0.2, 0) is 16.6 Å². The third kappa shape index (κ3) is 3.43. The van der Waals surface area contributed by atoms with E-state index in [0.717, 1.165) is 48.5 Å². The summed E-state index contributed by atoms with van der Waals surface area (Å²) >= 11 is 12.2. The van der Waals surface area contributed by atoms with Crippen LogP contribution in [-0.4, -0.2) is 69.8 Å². The van der Waals surface area contributed by atoms with Crippen molar-refractivity contribution in [2.24, 2.45) is 5.92 Å².